The third-order valence-electron chi connectivity index (χ3n) is 16.7. The molecule has 0 spiro atoms. The molecule has 6 N–H and O–H groups in total. The summed E-state index contributed by atoms with van der Waals surface area (Å²) in [4.78, 5) is 24.8. The van der Waals surface area contributed by atoms with Crippen LogP contribution >= 0.6 is 0 Å². The summed E-state index contributed by atoms with van der Waals surface area (Å²) in [5.41, 5.74) is 0.904. The van der Waals surface area contributed by atoms with Gasteiger partial charge in [0.25, 0.3) is 0 Å². The molecule has 0 bridgehead atoms. The smallest absolute Gasteiger partial charge is 0.393 e. The zero-order valence-electron chi connectivity index (χ0n) is 31.5. The lowest BCUT2D eigenvalue weighted by Crippen LogP contribution is -2.54. The Balaban J connectivity index is 0.000000160. The van der Waals surface area contributed by atoms with Crippen LogP contribution in [0.5, 0.6) is 0 Å². The molecule has 0 radical (unpaired) electrons. The number of hydrogen-bond acceptors (Lipinski definition) is 8. The average Bonchev–Trinajstić information content (AvgIpc) is 3.50. The molecule has 0 aromatic heterocycles. The molecule has 8 aliphatic carbocycles. The number of rotatable bonds is 0. The van der Waals surface area contributed by atoms with Gasteiger partial charge in [0.2, 0.25) is 0 Å². The molecule has 0 aliphatic heterocycles. The molecule has 8 fully saturated rings. The summed E-state index contributed by atoms with van der Waals surface area (Å²) >= 11 is 0. The van der Waals surface area contributed by atoms with Crippen molar-refractivity contribution in [3.63, 3.8) is 0 Å². The normalized spacial score (nSPS) is 47.9. The van der Waals surface area contributed by atoms with E-state index in [0.717, 1.165) is 99.7 Å². The van der Waals surface area contributed by atoms with Crippen molar-refractivity contribution in [1.29, 1.82) is 0 Å². The molecule has 14 heteroatoms. The third-order valence-corrected chi connectivity index (χ3v) is 16.7. The molecule has 12 nitrogen and oxygen atoms in total. The maximum Gasteiger partial charge on any atom is 0.394 e. The van der Waals surface area contributed by atoms with Gasteiger partial charge >= 0.3 is 20.8 Å². The molecule has 0 aromatic carbocycles. The summed E-state index contributed by atoms with van der Waals surface area (Å²) in [5, 5.41) is 20.1. The molecule has 14 atom stereocenters. The first-order valence-electron chi connectivity index (χ1n) is 19.7. The minimum atomic E-state index is -4.67. The highest BCUT2D eigenvalue weighted by atomic mass is 32.3. The summed E-state index contributed by atoms with van der Waals surface area (Å²) in [6, 6.07) is 0. The third kappa shape index (κ3) is 8.54. The van der Waals surface area contributed by atoms with Crippen molar-refractivity contribution in [1.82, 2.24) is 0 Å². The molecule has 52 heavy (non-hydrogen) atoms. The highest BCUT2D eigenvalue weighted by Gasteiger charge is 2.61. The van der Waals surface area contributed by atoms with Crippen LogP contribution in [0.3, 0.4) is 0 Å². The van der Waals surface area contributed by atoms with Crippen LogP contribution in [0.2, 0.25) is 0 Å². The van der Waals surface area contributed by atoms with Gasteiger partial charge in [-0.3, -0.25) is 27.8 Å². The van der Waals surface area contributed by atoms with Crippen molar-refractivity contribution in [2.75, 3.05) is 0 Å². The second kappa shape index (κ2) is 15.2. The minimum Gasteiger partial charge on any atom is -0.393 e. The van der Waals surface area contributed by atoms with Gasteiger partial charge in [-0.2, -0.15) is 16.8 Å². The van der Waals surface area contributed by atoms with Gasteiger partial charge < -0.3 is 10.2 Å². The summed E-state index contributed by atoms with van der Waals surface area (Å²) < 4.78 is 63.2. The Morgan fingerprint density at radius 2 is 0.808 bits per heavy atom. The number of carbonyl (C=O) groups is 2. The molecule has 8 saturated carbocycles. The van der Waals surface area contributed by atoms with E-state index in [-0.39, 0.29) is 23.0 Å². The van der Waals surface area contributed by atoms with Gasteiger partial charge in [-0.1, -0.05) is 27.7 Å². The highest BCUT2D eigenvalue weighted by Crippen LogP contribution is 2.67. The number of fused-ring (bicyclic) bond motifs is 10. The number of aliphatic hydroxyl groups excluding tert-OH is 2. The van der Waals surface area contributed by atoms with Crippen LogP contribution in [0, 0.1) is 69.0 Å². The minimum absolute atomic E-state index is 0.0124. The Morgan fingerprint density at radius 3 is 1.13 bits per heavy atom. The number of Topliss-reactive ketones (excluding diaryl/α,β-unsaturated/α-hetero) is 2. The Kier molecular flexibility index (Phi) is 12.3. The van der Waals surface area contributed by atoms with Crippen LogP contribution in [0.1, 0.15) is 143 Å². The van der Waals surface area contributed by atoms with Crippen molar-refractivity contribution in [3.8, 4) is 0 Å². The van der Waals surface area contributed by atoms with E-state index in [9.17, 15) is 19.8 Å². The maximum absolute atomic E-state index is 12.4. The van der Waals surface area contributed by atoms with E-state index < -0.39 is 20.8 Å². The van der Waals surface area contributed by atoms with Crippen LogP contribution in [0.4, 0.5) is 0 Å². The molecular weight excluding hydrogens is 713 g/mol. The van der Waals surface area contributed by atoms with E-state index in [1.54, 1.807) is 0 Å². The van der Waals surface area contributed by atoms with Crippen molar-refractivity contribution < 1.29 is 54.8 Å². The van der Waals surface area contributed by atoms with Crippen LogP contribution in [0.25, 0.3) is 0 Å². The van der Waals surface area contributed by atoms with Crippen LogP contribution in [-0.4, -0.2) is 69.0 Å². The fraction of sp³-hybridized carbons (Fsp3) is 0.947. The van der Waals surface area contributed by atoms with Gasteiger partial charge in [-0.05, 0) is 161 Å². The predicted molar refractivity (Wildman–Crippen MR) is 194 cm³/mol. The van der Waals surface area contributed by atoms with Gasteiger partial charge in [-0.15, -0.1) is 0 Å². The fourth-order valence-electron chi connectivity index (χ4n) is 14.0. The highest BCUT2D eigenvalue weighted by molar-refractivity contribution is 7.80. The monoisotopic (exact) mass is 776 g/mol. The molecule has 0 aromatic rings. The fourth-order valence-corrected chi connectivity index (χ4v) is 14.0. The standard InChI is InChI=1S/2C19H30O2.2H2O4S/c2*1-18-9-7-13(20)11-12(18)3-4-14-15-5-6-17(21)19(15,2)10-8-16(14)18;2*1-5(2,3)4/h2*12-16,20H,3-11H2,1-2H3;2*(H2,1,2,3,4)/t12-,13+,14-,15-,16-,18-,19-;12-,13-,14-,15-,16-,18-,19-;;/m00../s1. The van der Waals surface area contributed by atoms with E-state index in [0.29, 0.717) is 34.2 Å². The predicted octanol–water partition coefficient (Wildman–Crippen LogP) is 6.61. The summed E-state index contributed by atoms with van der Waals surface area (Å²) in [7, 11) is -9.33. The summed E-state index contributed by atoms with van der Waals surface area (Å²) in [6.07, 6.45) is 20.3. The molecule has 0 heterocycles. The van der Waals surface area contributed by atoms with Gasteiger partial charge in [0.05, 0.1) is 12.2 Å². The molecule has 0 saturated heterocycles. The molecule has 8 aliphatic rings. The molecule has 8 rings (SSSR count). The summed E-state index contributed by atoms with van der Waals surface area (Å²) in [5.74, 6) is 7.07. The van der Waals surface area contributed by atoms with Crippen LogP contribution in [0.15, 0.2) is 0 Å². The lowest BCUT2D eigenvalue weighted by molar-refractivity contribution is -0.142. The number of aliphatic hydroxyl groups is 2. The Labute approximate surface area is 310 Å². The van der Waals surface area contributed by atoms with Crippen LogP contribution in [-0.2, 0) is 30.4 Å². The Bertz CT molecular complexity index is 1420. The van der Waals surface area contributed by atoms with Gasteiger partial charge in [0, 0.05) is 23.7 Å². The van der Waals surface area contributed by atoms with Crippen LogP contribution < -0.4 is 0 Å². The Hall–Kier alpha value is -1.00. The van der Waals surface area contributed by atoms with Crippen molar-refractivity contribution in [2.24, 2.45) is 69.0 Å². The first-order valence-corrected chi connectivity index (χ1v) is 22.5. The quantitative estimate of drug-likeness (QED) is 0.143. The lowest BCUT2D eigenvalue weighted by atomic mass is 9.45. The maximum atomic E-state index is 12.4. The summed E-state index contributed by atoms with van der Waals surface area (Å²) in [6.45, 7) is 9.56. The second-order valence-corrected chi connectivity index (χ2v) is 20.7. The van der Waals surface area contributed by atoms with Gasteiger partial charge in [0.15, 0.2) is 0 Å². The Morgan fingerprint density at radius 1 is 0.481 bits per heavy atom. The zero-order chi connectivity index (χ0) is 38.7. The number of hydrogen-bond donors (Lipinski definition) is 6. The first kappa shape index (κ1) is 42.1. The SMILES string of the molecule is C[C@]12CC[C@@H](O)C[C@@H]1CC[C@@H]1[C@@H]2CC[C@]2(C)C(=O)CC[C@@H]12.C[C@]12CC[C@H](O)C[C@@H]1CC[C@@H]1[C@@H]2CC[C@]2(C)C(=O)CC[C@@H]12.O=S(=O)(O)O.O=S(=O)(O)O. The van der Waals surface area contributed by atoms with E-state index in [4.69, 9.17) is 35.0 Å². The molecule has 300 valence electrons. The van der Waals surface area contributed by atoms with E-state index in [1.807, 2.05) is 0 Å². The van der Waals surface area contributed by atoms with Gasteiger partial charge in [0.1, 0.15) is 11.6 Å². The number of carbonyl (C=O) groups excluding carboxylic acids is 2. The average molecular weight is 777 g/mol. The zero-order valence-corrected chi connectivity index (χ0v) is 33.1. The van der Waals surface area contributed by atoms with Crippen molar-refractivity contribution in [3.05, 3.63) is 0 Å². The van der Waals surface area contributed by atoms with Gasteiger partial charge in [-0.25, -0.2) is 0 Å². The molecular formula is C38H64O12S2. The van der Waals surface area contributed by atoms with E-state index in [1.165, 1.54) is 51.4 Å². The second-order valence-electron chi connectivity index (χ2n) is 18.9. The first-order chi connectivity index (χ1) is 23.9. The number of ketones is 2. The van der Waals surface area contributed by atoms with Crippen molar-refractivity contribution >= 4 is 32.4 Å². The van der Waals surface area contributed by atoms with Crippen molar-refractivity contribution in [2.45, 2.75) is 155 Å². The van der Waals surface area contributed by atoms with E-state index in [2.05, 4.69) is 27.7 Å². The molecule has 0 amide bonds. The molecule has 0 unspecified atom stereocenters. The van der Waals surface area contributed by atoms with E-state index >= 15 is 0 Å². The topological polar surface area (TPSA) is 224 Å². The largest absolute Gasteiger partial charge is 0.394 e. The lowest BCUT2D eigenvalue weighted by Gasteiger charge is -2.60.